The van der Waals surface area contributed by atoms with Crippen molar-refractivity contribution in [2.75, 3.05) is 57.3 Å². The minimum Gasteiger partial charge on any atom is -0.472 e. The van der Waals surface area contributed by atoms with Gasteiger partial charge in [0.2, 0.25) is 0 Å². The number of furan rings is 1. The van der Waals surface area contributed by atoms with Crippen LogP contribution in [0.3, 0.4) is 0 Å². The summed E-state index contributed by atoms with van der Waals surface area (Å²) in [7, 11) is 0. The predicted octanol–water partition coefficient (Wildman–Crippen LogP) is 3.58. The molecule has 4 rings (SSSR count). The maximum atomic E-state index is 12.5. The van der Waals surface area contributed by atoms with Gasteiger partial charge >= 0.3 is 0 Å². The Balaban J connectivity index is 1.38. The lowest BCUT2D eigenvalue weighted by atomic mass is 10.1. The normalized spacial score (nSPS) is 18.5. The minimum atomic E-state index is -0.0123. The van der Waals surface area contributed by atoms with Crippen molar-refractivity contribution in [1.29, 1.82) is 0 Å². The van der Waals surface area contributed by atoms with Crippen LogP contribution in [0.5, 0.6) is 0 Å². The Morgan fingerprint density at radius 2 is 1.93 bits per heavy atom. The van der Waals surface area contributed by atoms with Gasteiger partial charge in [-0.15, -0.1) is 6.58 Å². The molecule has 1 atom stereocenters. The first-order valence-electron chi connectivity index (χ1n) is 10.9. The quantitative estimate of drug-likeness (QED) is 0.624. The zero-order valence-corrected chi connectivity index (χ0v) is 17.5. The van der Waals surface area contributed by atoms with Crippen LogP contribution in [0.4, 0.5) is 5.69 Å². The first-order chi connectivity index (χ1) is 14.7. The fraction of sp³-hybridized carbons (Fsp3) is 0.458. The average Bonchev–Trinajstić information content (AvgIpc) is 3.51. The molecule has 2 aliphatic heterocycles. The number of anilines is 1. The molecular formula is C24H31N3O3. The Morgan fingerprint density at radius 3 is 2.63 bits per heavy atom. The highest BCUT2D eigenvalue weighted by Gasteiger charge is 2.25. The van der Waals surface area contributed by atoms with E-state index in [0.29, 0.717) is 25.3 Å². The molecule has 1 aromatic carbocycles. The van der Waals surface area contributed by atoms with E-state index in [4.69, 9.17) is 9.15 Å². The minimum absolute atomic E-state index is 0.0123. The number of hydrogen-bond acceptors (Lipinski definition) is 5. The van der Waals surface area contributed by atoms with Gasteiger partial charge in [0.1, 0.15) is 6.26 Å². The SMILES string of the molecule is C=CCOC(CN1CCN(C(=O)c2ccoc2)CC1)c1cccc(N2CCCC2)c1. The van der Waals surface area contributed by atoms with Crippen LogP contribution in [-0.2, 0) is 4.74 Å². The van der Waals surface area contributed by atoms with Gasteiger partial charge in [0, 0.05) is 51.5 Å². The van der Waals surface area contributed by atoms with E-state index in [-0.39, 0.29) is 12.0 Å². The number of carbonyl (C=O) groups is 1. The summed E-state index contributed by atoms with van der Waals surface area (Å²) in [4.78, 5) is 19.3. The number of carbonyl (C=O) groups excluding carboxylic acids is 1. The molecule has 160 valence electrons. The summed E-state index contributed by atoms with van der Waals surface area (Å²) in [5, 5.41) is 0. The number of ether oxygens (including phenoxy) is 1. The highest BCUT2D eigenvalue weighted by atomic mass is 16.5. The van der Waals surface area contributed by atoms with Gasteiger partial charge in [-0.25, -0.2) is 0 Å². The van der Waals surface area contributed by atoms with Crippen LogP contribution >= 0.6 is 0 Å². The Labute approximate surface area is 178 Å². The van der Waals surface area contributed by atoms with Crippen LogP contribution in [0, 0.1) is 0 Å². The molecule has 1 aromatic heterocycles. The third-order valence-electron chi connectivity index (χ3n) is 5.98. The van der Waals surface area contributed by atoms with Gasteiger partial charge in [-0.3, -0.25) is 9.69 Å². The molecule has 0 N–H and O–H groups in total. The molecule has 2 aromatic rings. The lowest BCUT2D eigenvalue weighted by Gasteiger charge is -2.36. The lowest BCUT2D eigenvalue weighted by molar-refractivity contribution is 0.0245. The zero-order valence-electron chi connectivity index (χ0n) is 17.5. The molecule has 30 heavy (non-hydrogen) atoms. The van der Waals surface area contributed by atoms with E-state index in [1.165, 1.54) is 30.4 Å². The molecule has 2 fully saturated rings. The van der Waals surface area contributed by atoms with E-state index in [1.54, 1.807) is 18.4 Å². The highest BCUT2D eigenvalue weighted by Crippen LogP contribution is 2.27. The van der Waals surface area contributed by atoms with Gasteiger partial charge in [-0.2, -0.15) is 0 Å². The fourth-order valence-electron chi connectivity index (χ4n) is 4.27. The summed E-state index contributed by atoms with van der Waals surface area (Å²) in [6.07, 6.45) is 7.38. The summed E-state index contributed by atoms with van der Waals surface area (Å²) < 4.78 is 11.2. The van der Waals surface area contributed by atoms with Crippen molar-refractivity contribution in [3.8, 4) is 0 Å². The molecule has 2 saturated heterocycles. The van der Waals surface area contributed by atoms with Gasteiger partial charge in [0.25, 0.3) is 5.91 Å². The van der Waals surface area contributed by atoms with Crippen molar-refractivity contribution >= 4 is 11.6 Å². The first kappa shape index (κ1) is 20.7. The molecule has 3 heterocycles. The lowest BCUT2D eigenvalue weighted by Crippen LogP contribution is -2.49. The van der Waals surface area contributed by atoms with Gasteiger partial charge in [-0.1, -0.05) is 18.2 Å². The molecule has 0 bridgehead atoms. The van der Waals surface area contributed by atoms with Crippen molar-refractivity contribution in [3.63, 3.8) is 0 Å². The summed E-state index contributed by atoms with van der Waals surface area (Å²) >= 11 is 0. The predicted molar refractivity (Wildman–Crippen MR) is 118 cm³/mol. The third-order valence-corrected chi connectivity index (χ3v) is 5.98. The molecular weight excluding hydrogens is 378 g/mol. The van der Waals surface area contributed by atoms with E-state index in [1.807, 2.05) is 4.90 Å². The van der Waals surface area contributed by atoms with Crippen molar-refractivity contribution in [3.05, 3.63) is 66.6 Å². The summed E-state index contributed by atoms with van der Waals surface area (Å²) in [6.45, 7) is 10.5. The standard InChI is InChI=1S/C24H31N3O3/c1-2-15-30-23(20-6-5-7-22(17-20)26-9-3-4-10-26)18-25-11-13-27(14-12-25)24(28)21-8-16-29-19-21/h2,5-8,16-17,19,23H,1,3-4,9-15,18H2. The molecule has 2 aliphatic rings. The van der Waals surface area contributed by atoms with Gasteiger partial charge < -0.3 is 19.0 Å². The van der Waals surface area contributed by atoms with E-state index in [0.717, 1.165) is 32.7 Å². The van der Waals surface area contributed by atoms with Gasteiger partial charge in [0.05, 0.1) is 24.5 Å². The Morgan fingerprint density at radius 1 is 1.13 bits per heavy atom. The zero-order chi connectivity index (χ0) is 20.8. The largest absolute Gasteiger partial charge is 0.472 e. The fourth-order valence-corrected chi connectivity index (χ4v) is 4.27. The van der Waals surface area contributed by atoms with Crippen molar-refractivity contribution < 1.29 is 13.9 Å². The number of hydrogen-bond donors (Lipinski definition) is 0. The van der Waals surface area contributed by atoms with Crippen LogP contribution < -0.4 is 4.90 Å². The Bertz CT molecular complexity index is 822. The topological polar surface area (TPSA) is 49.2 Å². The van der Waals surface area contributed by atoms with E-state index >= 15 is 0 Å². The van der Waals surface area contributed by atoms with Crippen LogP contribution in [0.2, 0.25) is 0 Å². The molecule has 6 nitrogen and oxygen atoms in total. The molecule has 0 aliphatic carbocycles. The van der Waals surface area contributed by atoms with Crippen LogP contribution in [0.1, 0.15) is 34.9 Å². The van der Waals surface area contributed by atoms with Crippen LogP contribution in [0.25, 0.3) is 0 Å². The molecule has 6 heteroatoms. The molecule has 0 saturated carbocycles. The second kappa shape index (κ2) is 9.96. The smallest absolute Gasteiger partial charge is 0.257 e. The third kappa shape index (κ3) is 4.94. The number of piperazine rings is 1. The van der Waals surface area contributed by atoms with Crippen LogP contribution in [-0.4, -0.2) is 68.1 Å². The van der Waals surface area contributed by atoms with Crippen molar-refractivity contribution in [2.24, 2.45) is 0 Å². The molecule has 0 radical (unpaired) electrons. The monoisotopic (exact) mass is 409 g/mol. The molecule has 1 amide bonds. The Hall–Kier alpha value is -2.57. The summed E-state index contributed by atoms with van der Waals surface area (Å²) in [6, 6.07) is 10.5. The van der Waals surface area contributed by atoms with Crippen molar-refractivity contribution in [2.45, 2.75) is 18.9 Å². The number of nitrogens with zero attached hydrogens (tertiary/aromatic N) is 3. The summed E-state index contributed by atoms with van der Waals surface area (Å²) in [5.74, 6) is 0.0428. The second-order valence-corrected chi connectivity index (χ2v) is 8.00. The number of amides is 1. The first-order valence-corrected chi connectivity index (χ1v) is 10.9. The Kier molecular flexibility index (Phi) is 6.87. The van der Waals surface area contributed by atoms with Gasteiger partial charge in [-0.05, 0) is 36.6 Å². The van der Waals surface area contributed by atoms with Crippen molar-refractivity contribution in [1.82, 2.24) is 9.80 Å². The molecule has 1 unspecified atom stereocenters. The maximum absolute atomic E-state index is 12.5. The highest BCUT2D eigenvalue weighted by molar-refractivity contribution is 5.93. The van der Waals surface area contributed by atoms with E-state index in [9.17, 15) is 4.79 Å². The van der Waals surface area contributed by atoms with E-state index in [2.05, 4.69) is 40.6 Å². The van der Waals surface area contributed by atoms with E-state index < -0.39 is 0 Å². The van der Waals surface area contributed by atoms with Gasteiger partial charge in [0.15, 0.2) is 0 Å². The number of rotatable bonds is 8. The second-order valence-electron chi connectivity index (χ2n) is 8.00. The maximum Gasteiger partial charge on any atom is 0.257 e. The molecule has 0 spiro atoms. The average molecular weight is 410 g/mol. The van der Waals surface area contributed by atoms with Crippen LogP contribution in [0.15, 0.2) is 59.9 Å². The number of benzene rings is 1. The summed E-state index contributed by atoms with van der Waals surface area (Å²) in [5.41, 5.74) is 3.11.